The maximum atomic E-state index is 5.69. The predicted molar refractivity (Wildman–Crippen MR) is 64.5 cm³/mol. The number of aromatic nitrogens is 2. The second-order valence-electron chi connectivity index (χ2n) is 4.81. The summed E-state index contributed by atoms with van der Waals surface area (Å²) in [6, 6.07) is 0. The van der Waals surface area contributed by atoms with Gasteiger partial charge in [0.2, 0.25) is 0 Å². The zero-order valence-corrected chi connectivity index (χ0v) is 10.3. The van der Waals surface area contributed by atoms with E-state index in [0.29, 0.717) is 0 Å². The molecular formula is C13H19N3O. The molecule has 1 saturated heterocycles. The van der Waals surface area contributed by atoms with E-state index in [1.165, 1.54) is 17.0 Å². The summed E-state index contributed by atoms with van der Waals surface area (Å²) in [6.07, 6.45) is 4.52. The van der Waals surface area contributed by atoms with Crippen molar-refractivity contribution in [2.75, 3.05) is 6.61 Å². The van der Waals surface area contributed by atoms with Crippen molar-refractivity contribution in [1.82, 2.24) is 15.3 Å². The molecule has 17 heavy (non-hydrogen) atoms. The molecule has 1 atom stereocenters. The fourth-order valence-electron chi connectivity index (χ4n) is 2.63. The first-order valence-corrected chi connectivity index (χ1v) is 6.59. The van der Waals surface area contributed by atoms with Crippen LogP contribution in [0.2, 0.25) is 0 Å². The second kappa shape index (κ2) is 4.70. The van der Waals surface area contributed by atoms with Gasteiger partial charge in [-0.15, -0.1) is 0 Å². The molecule has 1 N–H and O–H groups in total. The number of hydrogen-bond acceptors (Lipinski definition) is 4. The van der Waals surface area contributed by atoms with Crippen molar-refractivity contribution in [3.63, 3.8) is 0 Å². The molecule has 3 heterocycles. The van der Waals surface area contributed by atoms with Crippen molar-refractivity contribution in [1.29, 1.82) is 0 Å². The summed E-state index contributed by atoms with van der Waals surface area (Å²) in [5.41, 5.74) is 3.75. The Hall–Kier alpha value is -1.00. The molecule has 92 valence electrons. The van der Waals surface area contributed by atoms with E-state index in [2.05, 4.69) is 17.2 Å². The number of fused-ring (bicyclic) bond motifs is 1. The maximum Gasteiger partial charge on any atom is 0.157 e. The molecule has 0 aromatic carbocycles. The Balaban J connectivity index is 1.96. The first-order chi connectivity index (χ1) is 8.38. The Morgan fingerprint density at radius 3 is 3.06 bits per heavy atom. The number of aryl methyl sites for hydroxylation is 1. The molecule has 2 aliphatic rings. The summed E-state index contributed by atoms with van der Waals surface area (Å²) in [4.78, 5) is 9.42. The zero-order chi connectivity index (χ0) is 11.7. The largest absolute Gasteiger partial charge is 0.370 e. The minimum Gasteiger partial charge on any atom is -0.370 e. The first-order valence-electron chi connectivity index (χ1n) is 6.59. The summed E-state index contributed by atoms with van der Waals surface area (Å²) in [6.45, 7) is 4.86. The van der Waals surface area contributed by atoms with E-state index < -0.39 is 0 Å². The van der Waals surface area contributed by atoms with Crippen LogP contribution in [0, 0.1) is 0 Å². The number of hydrogen-bond donors (Lipinski definition) is 1. The molecule has 1 aromatic heterocycles. The average Bonchev–Trinajstić information content (AvgIpc) is 3.00. The fraction of sp³-hybridized carbons (Fsp3) is 0.692. The number of rotatable bonds is 3. The summed E-state index contributed by atoms with van der Waals surface area (Å²) in [7, 11) is 0. The Bertz CT molecular complexity index is 413. The SMILES string of the molecule is CCCc1nc(C2CCCO2)nc2c1CNC2. The van der Waals surface area contributed by atoms with E-state index in [1.54, 1.807) is 0 Å². The normalized spacial score (nSPS) is 23.0. The molecule has 1 aromatic rings. The third-order valence-corrected chi connectivity index (χ3v) is 3.49. The highest BCUT2D eigenvalue weighted by atomic mass is 16.5. The molecule has 4 nitrogen and oxygen atoms in total. The van der Waals surface area contributed by atoms with Crippen molar-refractivity contribution in [3.05, 3.63) is 22.8 Å². The van der Waals surface area contributed by atoms with Gasteiger partial charge in [0.05, 0.1) is 5.69 Å². The van der Waals surface area contributed by atoms with Gasteiger partial charge in [-0.25, -0.2) is 9.97 Å². The Kier molecular flexibility index (Phi) is 3.07. The minimum absolute atomic E-state index is 0.136. The van der Waals surface area contributed by atoms with Crippen molar-refractivity contribution in [2.24, 2.45) is 0 Å². The molecule has 0 aliphatic carbocycles. The highest BCUT2D eigenvalue weighted by Gasteiger charge is 2.25. The third kappa shape index (κ3) is 2.07. The molecule has 2 aliphatic heterocycles. The van der Waals surface area contributed by atoms with Crippen LogP contribution >= 0.6 is 0 Å². The van der Waals surface area contributed by atoms with E-state index in [9.17, 15) is 0 Å². The van der Waals surface area contributed by atoms with Crippen LogP contribution in [0.3, 0.4) is 0 Å². The maximum absolute atomic E-state index is 5.69. The molecule has 4 heteroatoms. The van der Waals surface area contributed by atoms with Crippen molar-refractivity contribution in [2.45, 2.75) is 51.8 Å². The lowest BCUT2D eigenvalue weighted by Crippen LogP contribution is -2.09. The van der Waals surface area contributed by atoms with Gasteiger partial charge in [0.15, 0.2) is 5.82 Å². The average molecular weight is 233 g/mol. The standard InChI is InChI=1S/C13H19N3O/c1-2-4-10-9-7-14-8-11(9)16-13(15-10)12-5-3-6-17-12/h12,14H,2-8H2,1H3. The lowest BCUT2D eigenvalue weighted by Gasteiger charge is -2.12. The number of nitrogens with zero attached hydrogens (tertiary/aromatic N) is 2. The topological polar surface area (TPSA) is 47.0 Å². The van der Waals surface area contributed by atoms with Gasteiger partial charge in [-0.3, -0.25) is 0 Å². The lowest BCUT2D eigenvalue weighted by molar-refractivity contribution is 0.104. The predicted octanol–water partition coefficient (Wildman–Crippen LogP) is 1.88. The van der Waals surface area contributed by atoms with E-state index in [-0.39, 0.29) is 6.10 Å². The lowest BCUT2D eigenvalue weighted by atomic mass is 10.1. The molecule has 1 fully saturated rings. The third-order valence-electron chi connectivity index (χ3n) is 3.49. The van der Waals surface area contributed by atoms with Gasteiger partial charge in [0, 0.05) is 31.0 Å². The molecule has 1 unspecified atom stereocenters. The first kappa shape index (κ1) is 11.1. The van der Waals surface area contributed by atoms with E-state index in [1.807, 2.05) is 0 Å². The van der Waals surface area contributed by atoms with Gasteiger partial charge in [-0.1, -0.05) is 13.3 Å². The van der Waals surface area contributed by atoms with Crippen LogP contribution in [0.5, 0.6) is 0 Å². The van der Waals surface area contributed by atoms with Gasteiger partial charge in [0.25, 0.3) is 0 Å². The summed E-state index contributed by atoms with van der Waals surface area (Å²) in [5, 5.41) is 3.36. The van der Waals surface area contributed by atoms with E-state index in [4.69, 9.17) is 9.72 Å². The van der Waals surface area contributed by atoms with Gasteiger partial charge in [-0.2, -0.15) is 0 Å². The highest BCUT2D eigenvalue weighted by Crippen LogP contribution is 2.28. The van der Waals surface area contributed by atoms with Crippen molar-refractivity contribution < 1.29 is 4.74 Å². The molecule has 0 amide bonds. The van der Waals surface area contributed by atoms with E-state index >= 15 is 0 Å². The molecule has 0 saturated carbocycles. The highest BCUT2D eigenvalue weighted by molar-refractivity contribution is 5.30. The Morgan fingerprint density at radius 1 is 1.35 bits per heavy atom. The minimum atomic E-state index is 0.136. The quantitative estimate of drug-likeness (QED) is 0.866. The van der Waals surface area contributed by atoms with Gasteiger partial charge in [0.1, 0.15) is 6.10 Å². The second-order valence-corrected chi connectivity index (χ2v) is 4.81. The molecular weight excluding hydrogens is 214 g/mol. The van der Waals surface area contributed by atoms with Gasteiger partial charge < -0.3 is 10.1 Å². The van der Waals surface area contributed by atoms with Crippen LogP contribution < -0.4 is 5.32 Å². The summed E-state index contributed by atoms with van der Waals surface area (Å²) in [5.74, 6) is 0.911. The van der Waals surface area contributed by atoms with Gasteiger partial charge in [-0.05, 0) is 19.3 Å². The van der Waals surface area contributed by atoms with Gasteiger partial charge >= 0.3 is 0 Å². The summed E-state index contributed by atoms with van der Waals surface area (Å²) >= 11 is 0. The van der Waals surface area contributed by atoms with Crippen LogP contribution in [-0.2, 0) is 24.2 Å². The van der Waals surface area contributed by atoms with Crippen LogP contribution in [0.1, 0.15) is 55.1 Å². The van der Waals surface area contributed by atoms with Crippen LogP contribution in [0.4, 0.5) is 0 Å². The van der Waals surface area contributed by atoms with Crippen molar-refractivity contribution >= 4 is 0 Å². The van der Waals surface area contributed by atoms with Crippen LogP contribution in [0.25, 0.3) is 0 Å². The zero-order valence-electron chi connectivity index (χ0n) is 10.3. The number of ether oxygens (including phenoxy) is 1. The Morgan fingerprint density at radius 2 is 2.29 bits per heavy atom. The molecule has 3 rings (SSSR count). The summed E-state index contributed by atoms with van der Waals surface area (Å²) < 4.78 is 5.69. The van der Waals surface area contributed by atoms with Crippen LogP contribution in [-0.4, -0.2) is 16.6 Å². The molecule has 0 bridgehead atoms. The van der Waals surface area contributed by atoms with Crippen molar-refractivity contribution in [3.8, 4) is 0 Å². The number of nitrogens with one attached hydrogen (secondary N) is 1. The van der Waals surface area contributed by atoms with E-state index in [0.717, 1.165) is 51.2 Å². The Labute approximate surface area is 102 Å². The smallest absolute Gasteiger partial charge is 0.157 e. The monoisotopic (exact) mass is 233 g/mol. The molecule has 0 radical (unpaired) electrons. The molecule has 0 spiro atoms. The van der Waals surface area contributed by atoms with Crippen LogP contribution in [0.15, 0.2) is 0 Å². The fourth-order valence-corrected chi connectivity index (χ4v) is 2.63.